The van der Waals surface area contributed by atoms with Crippen LogP contribution in [0.3, 0.4) is 0 Å². The first-order valence-electron chi connectivity index (χ1n) is 7.49. The predicted octanol–water partition coefficient (Wildman–Crippen LogP) is 1.29. The molecule has 5 nitrogen and oxygen atoms in total. The summed E-state index contributed by atoms with van der Waals surface area (Å²) in [6.45, 7) is 7.21. The van der Waals surface area contributed by atoms with Gasteiger partial charge in [-0.25, -0.2) is 0 Å². The fourth-order valence-electron chi connectivity index (χ4n) is 2.14. The number of morpholine rings is 1. The number of carbonyl (C=O) groups excluding carboxylic acids is 1. The van der Waals surface area contributed by atoms with Crippen LogP contribution in [0.1, 0.15) is 25.3 Å². The molecule has 0 spiro atoms. The first-order valence-corrected chi connectivity index (χ1v) is 7.49. The molecular formula is C16H24N2O3. The molecule has 1 saturated heterocycles. The van der Waals surface area contributed by atoms with Crippen LogP contribution in [0, 0.1) is 0 Å². The second-order valence-electron chi connectivity index (χ2n) is 5.43. The third-order valence-electron chi connectivity index (χ3n) is 3.44. The summed E-state index contributed by atoms with van der Waals surface area (Å²) in [4.78, 5) is 11.8. The van der Waals surface area contributed by atoms with E-state index >= 15 is 0 Å². The van der Waals surface area contributed by atoms with Crippen LogP contribution in [-0.2, 0) is 9.53 Å². The lowest BCUT2D eigenvalue weighted by Crippen LogP contribution is -2.48. The molecule has 21 heavy (non-hydrogen) atoms. The van der Waals surface area contributed by atoms with Crippen LogP contribution in [0.15, 0.2) is 24.3 Å². The van der Waals surface area contributed by atoms with Crippen LogP contribution in [-0.4, -0.2) is 44.9 Å². The highest BCUT2D eigenvalue weighted by Crippen LogP contribution is 2.18. The fourth-order valence-corrected chi connectivity index (χ4v) is 2.14. The van der Waals surface area contributed by atoms with E-state index in [4.69, 9.17) is 9.47 Å². The zero-order chi connectivity index (χ0) is 15.1. The second-order valence-corrected chi connectivity index (χ2v) is 5.43. The molecule has 1 aliphatic heterocycles. The summed E-state index contributed by atoms with van der Waals surface area (Å²) in [7, 11) is 0. The van der Waals surface area contributed by atoms with Crippen molar-refractivity contribution in [2.75, 3.05) is 32.8 Å². The van der Waals surface area contributed by atoms with E-state index in [1.807, 2.05) is 12.1 Å². The highest BCUT2D eigenvalue weighted by Gasteiger charge is 2.20. The summed E-state index contributed by atoms with van der Waals surface area (Å²) in [6, 6.07) is 8.07. The number of nitrogens with one attached hydrogen (secondary N) is 2. The number of benzene rings is 1. The molecule has 0 radical (unpaired) electrons. The third-order valence-corrected chi connectivity index (χ3v) is 3.44. The summed E-state index contributed by atoms with van der Waals surface area (Å²) < 4.78 is 11.0. The van der Waals surface area contributed by atoms with Gasteiger partial charge in [-0.2, -0.15) is 0 Å². The minimum atomic E-state index is -0.385. The van der Waals surface area contributed by atoms with Crippen LogP contribution < -0.4 is 15.4 Å². The van der Waals surface area contributed by atoms with E-state index in [9.17, 15) is 4.79 Å². The zero-order valence-corrected chi connectivity index (χ0v) is 12.7. The van der Waals surface area contributed by atoms with Gasteiger partial charge in [0.1, 0.15) is 18.5 Å². The number of hydrogen-bond donors (Lipinski definition) is 2. The van der Waals surface area contributed by atoms with Gasteiger partial charge in [-0.15, -0.1) is 0 Å². The molecule has 1 fully saturated rings. The lowest BCUT2D eigenvalue weighted by atomic mass is 10.0. The second kappa shape index (κ2) is 8.00. The lowest BCUT2D eigenvalue weighted by molar-refractivity contribution is -0.134. The Bertz CT molecular complexity index is 439. The Morgan fingerprint density at radius 1 is 1.43 bits per heavy atom. The van der Waals surface area contributed by atoms with Gasteiger partial charge in [0.15, 0.2) is 0 Å². The maximum Gasteiger partial charge on any atom is 0.250 e. The number of carbonyl (C=O) groups is 1. The summed E-state index contributed by atoms with van der Waals surface area (Å²) in [5.41, 5.74) is 1.29. The first-order chi connectivity index (χ1) is 10.2. The molecule has 0 bridgehead atoms. The Morgan fingerprint density at radius 2 is 2.19 bits per heavy atom. The average Bonchev–Trinajstić information content (AvgIpc) is 2.52. The number of ether oxygens (including phenoxy) is 2. The Kier molecular flexibility index (Phi) is 6.02. The van der Waals surface area contributed by atoms with Crippen LogP contribution in [0.5, 0.6) is 5.75 Å². The van der Waals surface area contributed by atoms with Crippen molar-refractivity contribution in [1.82, 2.24) is 10.6 Å². The van der Waals surface area contributed by atoms with Crippen molar-refractivity contribution in [1.29, 1.82) is 0 Å². The minimum absolute atomic E-state index is 0.0824. The van der Waals surface area contributed by atoms with Gasteiger partial charge in [-0.05, 0) is 23.6 Å². The Hall–Kier alpha value is -1.59. The van der Waals surface area contributed by atoms with Crippen LogP contribution in [0.2, 0.25) is 0 Å². The van der Waals surface area contributed by atoms with Gasteiger partial charge in [0.05, 0.1) is 13.2 Å². The molecule has 0 aromatic heterocycles. The van der Waals surface area contributed by atoms with Crippen molar-refractivity contribution in [3.63, 3.8) is 0 Å². The molecule has 1 aliphatic rings. The van der Waals surface area contributed by atoms with E-state index in [1.165, 1.54) is 5.56 Å². The van der Waals surface area contributed by atoms with E-state index in [0.29, 0.717) is 32.2 Å². The van der Waals surface area contributed by atoms with E-state index in [1.54, 1.807) is 0 Å². The Balaban J connectivity index is 1.66. The smallest absolute Gasteiger partial charge is 0.250 e. The normalized spacial score (nSPS) is 18.5. The molecule has 2 N–H and O–H groups in total. The van der Waals surface area contributed by atoms with E-state index in [-0.39, 0.29) is 12.0 Å². The van der Waals surface area contributed by atoms with Gasteiger partial charge in [-0.1, -0.05) is 26.0 Å². The van der Waals surface area contributed by atoms with E-state index in [0.717, 1.165) is 12.3 Å². The largest absolute Gasteiger partial charge is 0.492 e. The Labute approximate surface area is 126 Å². The standard InChI is InChI=1S/C16H24N2O3/c1-12(2)13-3-5-14(6-4-13)20-10-8-18-16(19)15-11-17-7-9-21-15/h3-6,12,15,17H,7-11H2,1-2H3,(H,18,19). The summed E-state index contributed by atoms with van der Waals surface area (Å²) >= 11 is 0. The molecule has 1 heterocycles. The molecule has 0 aliphatic carbocycles. The molecular weight excluding hydrogens is 268 g/mol. The van der Waals surface area contributed by atoms with Crippen molar-refractivity contribution in [2.24, 2.45) is 0 Å². The molecule has 1 unspecified atom stereocenters. The third kappa shape index (κ3) is 5.02. The van der Waals surface area contributed by atoms with Gasteiger partial charge in [0.2, 0.25) is 0 Å². The van der Waals surface area contributed by atoms with Crippen molar-refractivity contribution in [2.45, 2.75) is 25.9 Å². The summed E-state index contributed by atoms with van der Waals surface area (Å²) in [5, 5.41) is 5.95. The number of rotatable bonds is 6. The predicted molar refractivity (Wildman–Crippen MR) is 81.6 cm³/mol. The number of hydrogen-bond acceptors (Lipinski definition) is 4. The minimum Gasteiger partial charge on any atom is -0.492 e. The van der Waals surface area contributed by atoms with Crippen molar-refractivity contribution >= 4 is 5.91 Å². The SMILES string of the molecule is CC(C)c1ccc(OCCNC(=O)C2CNCCO2)cc1. The topological polar surface area (TPSA) is 59.6 Å². The molecule has 2 rings (SSSR count). The lowest BCUT2D eigenvalue weighted by Gasteiger charge is -2.22. The van der Waals surface area contributed by atoms with Crippen molar-refractivity contribution < 1.29 is 14.3 Å². The highest BCUT2D eigenvalue weighted by atomic mass is 16.5. The van der Waals surface area contributed by atoms with Crippen LogP contribution >= 0.6 is 0 Å². The molecule has 1 atom stereocenters. The Morgan fingerprint density at radius 3 is 2.81 bits per heavy atom. The summed E-state index contributed by atoms with van der Waals surface area (Å²) in [6.07, 6.45) is -0.385. The monoisotopic (exact) mass is 292 g/mol. The molecule has 1 amide bonds. The number of amides is 1. The van der Waals surface area contributed by atoms with E-state index < -0.39 is 0 Å². The highest BCUT2D eigenvalue weighted by molar-refractivity contribution is 5.81. The van der Waals surface area contributed by atoms with Crippen molar-refractivity contribution in [3.8, 4) is 5.75 Å². The molecule has 0 saturated carbocycles. The maximum atomic E-state index is 11.8. The van der Waals surface area contributed by atoms with E-state index in [2.05, 4.69) is 36.6 Å². The average molecular weight is 292 g/mol. The van der Waals surface area contributed by atoms with Crippen LogP contribution in [0.25, 0.3) is 0 Å². The zero-order valence-electron chi connectivity index (χ0n) is 12.7. The first kappa shape index (κ1) is 15.8. The molecule has 116 valence electrons. The molecule has 5 heteroatoms. The fraction of sp³-hybridized carbons (Fsp3) is 0.562. The quantitative estimate of drug-likeness (QED) is 0.776. The molecule has 1 aromatic carbocycles. The van der Waals surface area contributed by atoms with Gasteiger partial charge >= 0.3 is 0 Å². The van der Waals surface area contributed by atoms with Gasteiger partial charge in [0, 0.05) is 13.1 Å². The van der Waals surface area contributed by atoms with Crippen LogP contribution in [0.4, 0.5) is 0 Å². The maximum absolute atomic E-state index is 11.8. The molecule has 1 aromatic rings. The summed E-state index contributed by atoms with van der Waals surface area (Å²) in [5.74, 6) is 1.26. The van der Waals surface area contributed by atoms with Crippen molar-refractivity contribution in [3.05, 3.63) is 29.8 Å². The van der Waals surface area contributed by atoms with Gasteiger partial charge in [0.25, 0.3) is 5.91 Å². The van der Waals surface area contributed by atoms with Gasteiger partial charge in [-0.3, -0.25) is 4.79 Å². The van der Waals surface area contributed by atoms with Gasteiger partial charge < -0.3 is 20.1 Å².